The van der Waals surface area contributed by atoms with Gasteiger partial charge in [0.1, 0.15) is 5.01 Å². The van der Waals surface area contributed by atoms with Crippen LogP contribution >= 0.6 is 22.9 Å². The van der Waals surface area contributed by atoms with E-state index in [2.05, 4.69) is 4.98 Å². The third-order valence-electron chi connectivity index (χ3n) is 1.77. The maximum absolute atomic E-state index is 6.00. The van der Waals surface area contributed by atoms with Gasteiger partial charge < -0.3 is 5.73 Å². The summed E-state index contributed by atoms with van der Waals surface area (Å²) in [7, 11) is 0. The Morgan fingerprint density at radius 2 is 2.31 bits per heavy atom. The lowest BCUT2D eigenvalue weighted by Gasteiger charge is -1.95. The van der Waals surface area contributed by atoms with Gasteiger partial charge in [0, 0.05) is 0 Å². The number of aromatic nitrogens is 1. The molecule has 1 atom stereocenters. The number of nitrogens with zero attached hydrogens (tertiary/aromatic N) is 1. The van der Waals surface area contributed by atoms with Crippen molar-refractivity contribution in [2.75, 3.05) is 0 Å². The number of fused-ring (bicyclic) bond motifs is 1. The monoisotopic (exact) mass is 212 g/mol. The van der Waals surface area contributed by atoms with Crippen LogP contribution in [0, 0.1) is 0 Å². The fraction of sp³-hybridized carbons (Fsp3) is 0.222. The Kier molecular flexibility index (Phi) is 2.24. The predicted molar refractivity (Wildman–Crippen MR) is 57.2 cm³/mol. The highest BCUT2D eigenvalue weighted by Gasteiger charge is 2.08. The summed E-state index contributed by atoms with van der Waals surface area (Å²) in [5, 5.41) is 1.69. The van der Waals surface area contributed by atoms with E-state index in [1.165, 1.54) is 0 Å². The molecule has 1 aromatic carbocycles. The van der Waals surface area contributed by atoms with E-state index in [-0.39, 0.29) is 6.04 Å². The standard InChI is InChI=1S/C9H9ClN2S/c1-5(11)9-12-7-4-2-3-6(10)8(7)13-9/h2-5H,11H2,1H3/t5-/m0/s1. The molecule has 13 heavy (non-hydrogen) atoms. The smallest absolute Gasteiger partial charge is 0.110 e. The summed E-state index contributed by atoms with van der Waals surface area (Å²) in [6.45, 7) is 1.92. The molecule has 0 fully saturated rings. The Hall–Kier alpha value is -0.640. The number of thiazole rings is 1. The normalized spacial score (nSPS) is 13.5. The van der Waals surface area contributed by atoms with Gasteiger partial charge in [-0.15, -0.1) is 11.3 Å². The zero-order chi connectivity index (χ0) is 9.42. The number of hydrogen-bond donors (Lipinski definition) is 1. The van der Waals surface area contributed by atoms with Crippen molar-refractivity contribution in [1.82, 2.24) is 4.98 Å². The van der Waals surface area contributed by atoms with Crippen LogP contribution in [-0.2, 0) is 0 Å². The van der Waals surface area contributed by atoms with Crippen LogP contribution in [0.2, 0.25) is 5.02 Å². The van der Waals surface area contributed by atoms with Gasteiger partial charge >= 0.3 is 0 Å². The molecule has 4 heteroatoms. The van der Waals surface area contributed by atoms with E-state index < -0.39 is 0 Å². The first kappa shape index (κ1) is 8.94. The molecule has 2 rings (SSSR count). The largest absolute Gasteiger partial charge is 0.322 e. The van der Waals surface area contributed by atoms with Crippen molar-refractivity contribution in [1.29, 1.82) is 0 Å². The van der Waals surface area contributed by atoms with Crippen LogP contribution in [0.1, 0.15) is 18.0 Å². The lowest BCUT2D eigenvalue weighted by atomic mass is 10.3. The minimum atomic E-state index is -0.0199. The SMILES string of the molecule is C[C@H](N)c1nc2cccc(Cl)c2s1. The van der Waals surface area contributed by atoms with Gasteiger partial charge in [-0.2, -0.15) is 0 Å². The molecule has 68 valence electrons. The lowest BCUT2D eigenvalue weighted by molar-refractivity contribution is 0.810. The molecule has 0 aliphatic heterocycles. The molecule has 1 aromatic heterocycles. The van der Waals surface area contributed by atoms with E-state index in [1.54, 1.807) is 11.3 Å². The Bertz CT molecular complexity index is 436. The van der Waals surface area contributed by atoms with Crippen molar-refractivity contribution in [3.63, 3.8) is 0 Å². The number of hydrogen-bond acceptors (Lipinski definition) is 3. The maximum Gasteiger partial charge on any atom is 0.110 e. The quantitative estimate of drug-likeness (QED) is 0.790. The zero-order valence-electron chi connectivity index (χ0n) is 7.12. The van der Waals surface area contributed by atoms with Crippen LogP contribution in [0.5, 0.6) is 0 Å². The third kappa shape index (κ3) is 1.55. The number of halogens is 1. The predicted octanol–water partition coefficient (Wildman–Crippen LogP) is 2.97. The molecule has 2 N–H and O–H groups in total. The number of benzene rings is 1. The summed E-state index contributed by atoms with van der Waals surface area (Å²) < 4.78 is 1.02. The van der Waals surface area contributed by atoms with Crippen LogP contribution in [0.25, 0.3) is 10.2 Å². The van der Waals surface area contributed by atoms with Gasteiger partial charge in [0.15, 0.2) is 0 Å². The van der Waals surface area contributed by atoms with E-state index in [0.717, 1.165) is 20.2 Å². The first-order valence-corrected chi connectivity index (χ1v) is 5.18. The summed E-state index contributed by atoms with van der Waals surface area (Å²) in [5.74, 6) is 0. The molecule has 0 aliphatic rings. The summed E-state index contributed by atoms with van der Waals surface area (Å²) in [6.07, 6.45) is 0. The minimum absolute atomic E-state index is 0.0199. The molecule has 0 saturated carbocycles. The van der Waals surface area contributed by atoms with E-state index >= 15 is 0 Å². The fourth-order valence-corrected chi connectivity index (χ4v) is 2.34. The summed E-state index contributed by atoms with van der Waals surface area (Å²) in [6, 6.07) is 5.69. The van der Waals surface area contributed by atoms with E-state index in [1.807, 2.05) is 25.1 Å². The Labute approximate surface area is 85.3 Å². The molecule has 0 aliphatic carbocycles. The van der Waals surface area contributed by atoms with Gasteiger partial charge in [-0.25, -0.2) is 4.98 Å². The molecule has 0 saturated heterocycles. The minimum Gasteiger partial charge on any atom is -0.322 e. The van der Waals surface area contributed by atoms with E-state index in [0.29, 0.717) is 0 Å². The van der Waals surface area contributed by atoms with Crippen molar-refractivity contribution in [3.8, 4) is 0 Å². The van der Waals surface area contributed by atoms with Crippen molar-refractivity contribution in [3.05, 3.63) is 28.2 Å². The average molecular weight is 213 g/mol. The van der Waals surface area contributed by atoms with Crippen LogP contribution in [0.3, 0.4) is 0 Å². The van der Waals surface area contributed by atoms with Gasteiger partial charge in [-0.05, 0) is 19.1 Å². The molecular weight excluding hydrogens is 204 g/mol. The van der Waals surface area contributed by atoms with Crippen molar-refractivity contribution in [2.24, 2.45) is 5.73 Å². The highest BCUT2D eigenvalue weighted by atomic mass is 35.5. The van der Waals surface area contributed by atoms with Gasteiger partial charge in [0.2, 0.25) is 0 Å². The van der Waals surface area contributed by atoms with Gasteiger partial charge in [0.25, 0.3) is 0 Å². The molecule has 1 heterocycles. The zero-order valence-corrected chi connectivity index (χ0v) is 8.69. The molecule has 0 amide bonds. The fourth-order valence-electron chi connectivity index (χ4n) is 1.13. The van der Waals surface area contributed by atoms with Crippen molar-refractivity contribution in [2.45, 2.75) is 13.0 Å². The second-order valence-corrected chi connectivity index (χ2v) is 4.37. The summed E-state index contributed by atoms with van der Waals surface area (Å²) in [4.78, 5) is 4.38. The van der Waals surface area contributed by atoms with Crippen molar-refractivity contribution < 1.29 is 0 Å². The van der Waals surface area contributed by atoms with Gasteiger partial charge in [0.05, 0.1) is 21.3 Å². The highest BCUT2D eigenvalue weighted by molar-refractivity contribution is 7.19. The molecule has 0 bridgehead atoms. The summed E-state index contributed by atoms with van der Waals surface area (Å²) in [5.41, 5.74) is 6.67. The van der Waals surface area contributed by atoms with Crippen LogP contribution in [0.4, 0.5) is 0 Å². The second-order valence-electron chi connectivity index (χ2n) is 2.93. The molecule has 0 radical (unpaired) electrons. The lowest BCUT2D eigenvalue weighted by Crippen LogP contribution is -2.03. The first-order chi connectivity index (χ1) is 6.18. The Morgan fingerprint density at radius 3 is 2.92 bits per heavy atom. The summed E-state index contributed by atoms with van der Waals surface area (Å²) >= 11 is 7.57. The van der Waals surface area contributed by atoms with Crippen LogP contribution in [0.15, 0.2) is 18.2 Å². The van der Waals surface area contributed by atoms with Gasteiger partial charge in [-0.1, -0.05) is 17.7 Å². The second kappa shape index (κ2) is 3.25. The molecule has 2 nitrogen and oxygen atoms in total. The van der Waals surface area contributed by atoms with Crippen LogP contribution < -0.4 is 5.73 Å². The average Bonchev–Trinajstić information content (AvgIpc) is 2.49. The topological polar surface area (TPSA) is 38.9 Å². The highest BCUT2D eigenvalue weighted by Crippen LogP contribution is 2.30. The Morgan fingerprint density at radius 1 is 1.54 bits per heavy atom. The van der Waals surface area contributed by atoms with Crippen LogP contribution in [-0.4, -0.2) is 4.98 Å². The van der Waals surface area contributed by atoms with Gasteiger partial charge in [-0.3, -0.25) is 0 Å². The van der Waals surface area contributed by atoms with Crippen molar-refractivity contribution >= 4 is 33.2 Å². The van der Waals surface area contributed by atoms with E-state index in [9.17, 15) is 0 Å². The van der Waals surface area contributed by atoms with E-state index in [4.69, 9.17) is 17.3 Å². The molecule has 0 unspecified atom stereocenters. The first-order valence-electron chi connectivity index (χ1n) is 3.99. The number of rotatable bonds is 1. The molecule has 0 spiro atoms. The molecular formula is C9H9ClN2S. The number of nitrogens with two attached hydrogens (primary N) is 1. The Balaban J connectivity index is 2.68. The molecule has 2 aromatic rings. The maximum atomic E-state index is 6.00. The third-order valence-corrected chi connectivity index (χ3v) is 3.51.